The molecule has 7 nitrogen and oxygen atoms in total. The fourth-order valence-corrected chi connectivity index (χ4v) is 6.47. The minimum atomic E-state index is -0.801. The quantitative estimate of drug-likeness (QED) is 0.559. The van der Waals surface area contributed by atoms with Crippen molar-refractivity contribution in [1.82, 2.24) is 10.2 Å². The molecule has 2 fully saturated rings. The van der Waals surface area contributed by atoms with Crippen molar-refractivity contribution < 1.29 is 24.2 Å². The van der Waals surface area contributed by atoms with Gasteiger partial charge in [0.15, 0.2) is 0 Å². The highest BCUT2D eigenvalue weighted by atomic mass is 32.2. The van der Waals surface area contributed by atoms with Crippen LogP contribution in [0.5, 0.6) is 0 Å². The highest BCUT2D eigenvalue weighted by Gasteiger charge is 2.51. The fourth-order valence-electron chi connectivity index (χ4n) is 5.75. The first-order valence-electron chi connectivity index (χ1n) is 11.7. The van der Waals surface area contributed by atoms with Gasteiger partial charge >= 0.3 is 12.1 Å². The third kappa shape index (κ3) is 4.27. The Balaban J connectivity index is 1.04. The molecule has 2 amide bonds. The second-order valence-electron chi connectivity index (χ2n) is 9.08. The number of amides is 2. The van der Waals surface area contributed by atoms with Gasteiger partial charge in [-0.15, -0.1) is 0 Å². The molecular weight excluding hydrogens is 452 g/mol. The number of carbonyl (C=O) groups is 3. The number of hydrogen-bond acceptors (Lipinski definition) is 5. The van der Waals surface area contributed by atoms with Gasteiger partial charge in [-0.1, -0.05) is 48.5 Å². The molecule has 2 N–H and O–H groups in total. The summed E-state index contributed by atoms with van der Waals surface area (Å²) in [6.45, 7) is 0.674. The van der Waals surface area contributed by atoms with Crippen LogP contribution in [0.1, 0.15) is 36.3 Å². The average molecular weight is 481 g/mol. The van der Waals surface area contributed by atoms with E-state index in [1.165, 1.54) is 34.0 Å². The number of aliphatic carboxylic acids is 1. The number of benzene rings is 2. The lowest BCUT2D eigenvalue weighted by Gasteiger charge is -2.23. The van der Waals surface area contributed by atoms with E-state index in [0.717, 1.165) is 12.8 Å². The van der Waals surface area contributed by atoms with Crippen LogP contribution in [0.3, 0.4) is 0 Å². The van der Waals surface area contributed by atoms with Crippen molar-refractivity contribution in [1.29, 1.82) is 0 Å². The zero-order chi connectivity index (χ0) is 23.7. The van der Waals surface area contributed by atoms with Gasteiger partial charge in [0.1, 0.15) is 6.61 Å². The lowest BCUT2D eigenvalue weighted by molar-refractivity contribution is -0.143. The molecule has 2 bridgehead atoms. The molecule has 3 aliphatic rings. The van der Waals surface area contributed by atoms with Gasteiger partial charge in [0.25, 0.3) is 0 Å². The summed E-state index contributed by atoms with van der Waals surface area (Å²) < 4.78 is 5.53. The molecule has 0 aromatic heterocycles. The van der Waals surface area contributed by atoms with E-state index in [2.05, 4.69) is 29.6 Å². The van der Waals surface area contributed by atoms with E-state index in [-0.39, 0.29) is 30.5 Å². The minimum Gasteiger partial charge on any atom is -0.481 e. The Bertz CT molecular complexity index is 1060. The van der Waals surface area contributed by atoms with Crippen LogP contribution in [-0.4, -0.2) is 64.7 Å². The maximum absolute atomic E-state index is 12.6. The van der Waals surface area contributed by atoms with Crippen molar-refractivity contribution in [3.05, 3.63) is 59.7 Å². The highest BCUT2D eigenvalue weighted by Crippen LogP contribution is 2.44. The van der Waals surface area contributed by atoms with Crippen molar-refractivity contribution in [2.24, 2.45) is 5.92 Å². The van der Waals surface area contributed by atoms with E-state index < -0.39 is 18.0 Å². The third-order valence-electron chi connectivity index (χ3n) is 7.23. The molecule has 2 aliphatic heterocycles. The van der Waals surface area contributed by atoms with Crippen molar-refractivity contribution in [3.63, 3.8) is 0 Å². The van der Waals surface area contributed by atoms with Crippen LogP contribution in [0.2, 0.25) is 0 Å². The molecule has 8 heteroatoms. The Labute approximate surface area is 202 Å². The lowest BCUT2D eigenvalue weighted by Crippen LogP contribution is -2.39. The summed E-state index contributed by atoms with van der Waals surface area (Å²) >= 11 is 1.45. The number of nitrogens with one attached hydrogen (secondary N) is 1. The smallest absolute Gasteiger partial charge is 0.407 e. The van der Waals surface area contributed by atoms with Gasteiger partial charge < -0.3 is 20.1 Å². The normalized spacial score (nSPS) is 22.4. The van der Waals surface area contributed by atoms with E-state index in [4.69, 9.17) is 4.74 Å². The summed E-state index contributed by atoms with van der Waals surface area (Å²) in [6, 6.07) is 16.3. The second kappa shape index (κ2) is 9.70. The maximum atomic E-state index is 12.6. The number of hydrogen-bond donors (Lipinski definition) is 2. The van der Waals surface area contributed by atoms with Crippen LogP contribution in [0, 0.1) is 5.92 Å². The standard InChI is InChI=1S/C26H28N2O5S/c29-24(28-16-9-10-23(28)21(13-16)25(30)31)15-34-12-11-27-26(32)33-14-22-19-7-3-1-5-17(19)18-6-2-4-8-20(18)22/h1-8,16,21-23H,9-15H2,(H,27,32)(H,30,31). The summed E-state index contributed by atoms with van der Waals surface area (Å²) in [5.74, 6) is -0.321. The first-order valence-corrected chi connectivity index (χ1v) is 12.9. The second-order valence-corrected chi connectivity index (χ2v) is 10.2. The van der Waals surface area contributed by atoms with Gasteiger partial charge in [-0.2, -0.15) is 11.8 Å². The number of carboxylic acids is 1. The van der Waals surface area contributed by atoms with E-state index in [9.17, 15) is 19.5 Å². The Morgan fingerprint density at radius 3 is 2.35 bits per heavy atom. The van der Waals surface area contributed by atoms with Crippen molar-refractivity contribution in [3.8, 4) is 11.1 Å². The first-order chi connectivity index (χ1) is 16.5. The Morgan fingerprint density at radius 2 is 1.71 bits per heavy atom. The topological polar surface area (TPSA) is 95.9 Å². The molecule has 3 atom stereocenters. The number of thioether (sulfide) groups is 1. The number of carbonyl (C=O) groups excluding carboxylic acids is 2. The molecule has 0 spiro atoms. The number of rotatable bonds is 8. The predicted molar refractivity (Wildman–Crippen MR) is 130 cm³/mol. The molecule has 2 aromatic carbocycles. The number of ether oxygens (including phenoxy) is 1. The molecular formula is C26H28N2O5S. The van der Waals surface area contributed by atoms with Gasteiger partial charge in [-0.3, -0.25) is 9.59 Å². The Morgan fingerprint density at radius 1 is 1.03 bits per heavy atom. The molecule has 3 unspecified atom stereocenters. The van der Waals surface area contributed by atoms with Crippen molar-refractivity contribution >= 4 is 29.7 Å². The summed E-state index contributed by atoms with van der Waals surface area (Å²) in [5.41, 5.74) is 4.72. The molecule has 2 aromatic rings. The van der Waals surface area contributed by atoms with Gasteiger partial charge in [0, 0.05) is 30.3 Å². The number of alkyl carbamates (subject to hydrolysis) is 1. The Hall–Kier alpha value is -3.00. The fraction of sp³-hybridized carbons (Fsp3) is 0.423. The minimum absolute atomic E-state index is 0.00221. The van der Waals surface area contributed by atoms with Crippen molar-refractivity contribution in [2.75, 3.05) is 24.7 Å². The van der Waals surface area contributed by atoms with Gasteiger partial charge in [0.2, 0.25) is 5.91 Å². The molecule has 5 rings (SSSR count). The van der Waals surface area contributed by atoms with E-state index in [0.29, 0.717) is 24.5 Å². The van der Waals surface area contributed by atoms with Gasteiger partial charge in [-0.05, 0) is 41.5 Å². The summed E-state index contributed by atoms with van der Waals surface area (Å²) in [7, 11) is 0. The first kappa shape index (κ1) is 22.8. The molecule has 0 saturated carbocycles. The summed E-state index contributed by atoms with van der Waals surface area (Å²) in [4.78, 5) is 38.1. The van der Waals surface area contributed by atoms with Crippen LogP contribution in [0.4, 0.5) is 4.79 Å². The molecule has 1 aliphatic carbocycles. The molecule has 0 radical (unpaired) electrons. The van der Waals surface area contributed by atoms with Crippen LogP contribution in [0.15, 0.2) is 48.5 Å². The average Bonchev–Trinajstić information content (AvgIpc) is 3.52. The third-order valence-corrected chi connectivity index (χ3v) is 8.17. The monoisotopic (exact) mass is 480 g/mol. The van der Waals surface area contributed by atoms with Crippen LogP contribution >= 0.6 is 11.8 Å². The number of nitrogens with zero attached hydrogens (tertiary/aromatic N) is 1. The highest BCUT2D eigenvalue weighted by molar-refractivity contribution is 7.99. The van der Waals surface area contributed by atoms with Crippen molar-refractivity contribution in [2.45, 2.75) is 37.3 Å². The zero-order valence-electron chi connectivity index (χ0n) is 18.8. The molecule has 2 heterocycles. The number of carboxylic acid groups (broad SMARTS) is 1. The molecule has 2 saturated heterocycles. The van der Waals surface area contributed by atoms with E-state index in [1.54, 1.807) is 4.90 Å². The maximum Gasteiger partial charge on any atom is 0.407 e. The lowest BCUT2D eigenvalue weighted by atomic mass is 9.89. The van der Waals surface area contributed by atoms with Gasteiger partial charge in [-0.25, -0.2) is 4.79 Å². The van der Waals surface area contributed by atoms with E-state index in [1.807, 2.05) is 24.3 Å². The largest absolute Gasteiger partial charge is 0.481 e. The summed E-state index contributed by atoms with van der Waals surface area (Å²) in [6.07, 6.45) is 1.78. The zero-order valence-corrected chi connectivity index (χ0v) is 19.6. The SMILES string of the molecule is O=C(NCCSCC(=O)N1C2CCC1C(C(=O)O)C2)OCC1c2ccccc2-c2ccccc21. The van der Waals surface area contributed by atoms with Crippen LogP contribution < -0.4 is 5.32 Å². The number of fused-ring (bicyclic) bond motifs is 5. The van der Waals surface area contributed by atoms with Crippen LogP contribution in [-0.2, 0) is 14.3 Å². The molecule has 34 heavy (non-hydrogen) atoms. The van der Waals surface area contributed by atoms with E-state index >= 15 is 0 Å². The molecule has 178 valence electrons. The predicted octanol–water partition coefficient (Wildman–Crippen LogP) is 3.72. The Kier molecular flexibility index (Phi) is 6.50. The van der Waals surface area contributed by atoms with Crippen LogP contribution in [0.25, 0.3) is 11.1 Å². The summed E-state index contributed by atoms with van der Waals surface area (Å²) in [5, 5.41) is 12.1. The van der Waals surface area contributed by atoms with Gasteiger partial charge in [0.05, 0.1) is 11.7 Å².